The lowest BCUT2D eigenvalue weighted by atomic mass is 10.1. The zero-order valence-electron chi connectivity index (χ0n) is 8.75. The molecule has 1 atom stereocenters. The van der Waals surface area contributed by atoms with E-state index in [4.69, 9.17) is 17.3 Å². The largest absolute Gasteiger partial charge is 0.330 e. The van der Waals surface area contributed by atoms with E-state index in [0.717, 1.165) is 0 Å². The summed E-state index contributed by atoms with van der Waals surface area (Å²) < 4.78 is 0. The van der Waals surface area contributed by atoms with Crippen molar-refractivity contribution in [1.82, 2.24) is 4.98 Å². The van der Waals surface area contributed by atoms with Crippen molar-refractivity contribution >= 4 is 23.2 Å². The first kappa shape index (κ1) is 11.9. The maximum absolute atomic E-state index is 11.5. The molecule has 1 aromatic rings. The van der Waals surface area contributed by atoms with Gasteiger partial charge in [0.05, 0.1) is 11.4 Å². The number of carbonyl (C=O) groups excluding carboxylic acids is 1. The zero-order chi connectivity index (χ0) is 11.4. The molecule has 0 saturated carbocycles. The average molecular weight is 228 g/mol. The number of nitrogens with one attached hydrogen (secondary N) is 1. The number of rotatable bonds is 3. The first-order valence-electron chi connectivity index (χ1n) is 4.68. The van der Waals surface area contributed by atoms with E-state index >= 15 is 0 Å². The van der Waals surface area contributed by atoms with Gasteiger partial charge in [0.1, 0.15) is 5.15 Å². The lowest BCUT2D eigenvalue weighted by molar-refractivity contribution is -0.119. The predicted octanol–water partition coefficient (Wildman–Crippen LogP) is 1.58. The monoisotopic (exact) mass is 227 g/mol. The molecule has 0 saturated heterocycles. The molecule has 0 aliphatic heterocycles. The fourth-order valence-corrected chi connectivity index (χ4v) is 1.22. The highest BCUT2D eigenvalue weighted by molar-refractivity contribution is 6.29. The molecule has 4 nitrogen and oxygen atoms in total. The van der Waals surface area contributed by atoms with Crippen molar-refractivity contribution in [3.8, 4) is 0 Å². The van der Waals surface area contributed by atoms with E-state index in [2.05, 4.69) is 10.3 Å². The quantitative estimate of drug-likeness (QED) is 0.771. The van der Waals surface area contributed by atoms with Crippen LogP contribution in [0, 0.1) is 12.8 Å². The molecular formula is C10H14ClN3O. The summed E-state index contributed by atoms with van der Waals surface area (Å²) in [6, 6.07) is 3.36. The maximum Gasteiger partial charge on any atom is 0.228 e. The van der Waals surface area contributed by atoms with Crippen molar-refractivity contribution in [3.63, 3.8) is 0 Å². The molecule has 5 heteroatoms. The Morgan fingerprint density at radius 1 is 1.67 bits per heavy atom. The molecule has 1 unspecified atom stereocenters. The average Bonchev–Trinajstić information content (AvgIpc) is 2.20. The van der Waals surface area contributed by atoms with Crippen molar-refractivity contribution in [3.05, 3.63) is 23.0 Å². The van der Waals surface area contributed by atoms with E-state index in [0.29, 0.717) is 23.1 Å². The number of aromatic nitrogens is 1. The van der Waals surface area contributed by atoms with Crippen LogP contribution in [-0.2, 0) is 4.79 Å². The van der Waals surface area contributed by atoms with Crippen LogP contribution in [0.5, 0.6) is 0 Å². The highest BCUT2D eigenvalue weighted by Crippen LogP contribution is 2.16. The SMILES string of the molecule is Cc1nc(Cl)ccc1NC(=O)C(C)CN. The van der Waals surface area contributed by atoms with Gasteiger partial charge >= 0.3 is 0 Å². The Hall–Kier alpha value is -1.13. The molecule has 0 radical (unpaired) electrons. The number of amides is 1. The molecule has 0 spiro atoms. The van der Waals surface area contributed by atoms with Gasteiger partial charge in [-0.2, -0.15) is 0 Å². The van der Waals surface area contributed by atoms with Gasteiger partial charge in [0.2, 0.25) is 5.91 Å². The van der Waals surface area contributed by atoms with Crippen molar-refractivity contribution in [1.29, 1.82) is 0 Å². The maximum atomic E-state index is 11.5. The zero-order valence-corrected chi connectivity index (χ0v) is 9.51. The van der Waals surface area contributed by atoms with Crippen LogP contribution < -0.4 is 11.1 Å². The molecule has 0 aromatic carbocycles. The summed E-state index contributed by atoms with van der Waals surface area (Å²) in [6.45, 7) is 3.88. The highest BCUT2D eigenvalue weighted by Gasteiger charge is 2.12. The topological polar surface area (TPSA) is 68.0 Å². The predicted molar refractivity (Wildman–Crippen MR) is 60.8 cm³/mol. The molecule has 0 bridgehead atoms. The van der Waals surface area contributed by atoms with Crippen molar-refractivity contribution in [2.45, 2.75) is 13.8 Å². The number of hydrogen-bond acceptors (Lipinski definition) is 3. The van der Waals surface area contributed by atoms with E-state index in [1.54, 1.807) is 26.0 Å². The van der Waals surface area contributed by atoms with Crippen LogP contribution in [0.15, 0.2) is 12.1 Å². The summed E-state index contributed by atoms with van der Waals surface area (Å²) in [5, 5.41) is 3.16. The molecule has 3 N–H and O–H groups in total. The minimum Gasteiger partial charge on any atom is -0.330 e. The van der Waals surface area contributed by atoms with Gasteiger partial charge in [-0.05, 0) is 19.1 Å². The lowest BCUT2D eigenvalue weighted by Crippen LogP contribution is -2.27. The van der Waals surface area contributed by atoms with E-state index in [1.165, 1.54) is 0 Å². The van der Waals surface area contributed by atoms with E-state index in [1.807, 2.05) is 0 Å². The summed E-state index contributed by atoms with van der Waals surface area (Å²) in [5.41, 5.74) is 6.76. The van der Waals surface area contributed by atoms with Crippen molar-refractivity contribution < 1.29 is 4.79 Å². The van der Waals surface area contributed by atoms with Gasteiger partial charge in [0.25, 0.3) is 0 Å². The first-order chi connectivity index (χ1) is 7.04. The van der Waals surface area contributed by atoms with Gasteiger partial charge in [-0.25, -0.2) is 4.98 Å². The molecule has 1 aromatic heterocycles. The second-order valence-electron chi connectivity index (χ2n) is 3.39. The van der Waals surface area contributed by atoms with Crippen LogP contribution in [0.4, 0.5) is 5.69 Å². The number of carbonyl (C=O) groups is 1. The Balaban J connectivity index is 2.77. The molecule has 0 aliphatic carbocycles. The third kappa shape index (κ3) is 3.18. The number of anilines is 1. The van der Waals surface area contributed by atoms with E-state index < -0.39 is 0 Å². The molecule has 1 heterocycles. The second-order valence-corrected chi connectivity index (χ2v) is 3.78. The number of aryl methyl sites for hydroxylation is 1. The summed E-state index contributed by atoms with van der Waals surface area (Å²) in [6.07, 6.45) is 0. The number of nitrogens with two attached hydrogens (primary N) is 1. The molecular weight excluding hydrogens is 214 g/mol. The number of hydrogen-bond donors (Lipinski definition) is 2. The van der Waals surface area contributed by atoms with Crippen molar-refractivity contribution in [2.75, 3.05) is 11.9 Å². The summed E-state index contributed by atoms with van der Waals surface area (Å²) in [7, 11) is 0. The van der Waals surface area contributed by atoms with Gasteiger partial charge in [0.15, 0.2) is 0 Å². The standard InChI is InChI=1S/C10H14ClN3O/c1-6(5-12)10(15)14-8-3-4-9(11)13-7(8)2/h3-4,6H,5,12H2,1-2H3,(H,14,15). The van der Waals surface area contributed by atoms with E-state index in [9.17, 15) is 4.79 Å². The van der Waals surface area contributed by atoms with Crippen LogP contribution in [0.1, 0.15) is 12.6 Å². The van der Waals surface area contributed by atoms with Gasteiger partial charge < -0.3 is 11.1 Å². The summed E-state index contributed by atoms with van der Waals surface area (Å²) in [5.74, 6) is -0.315. The van der Waals surface area contributed by atoms with Gasteiger partial charge in [-0.3, -0.25) is 4.79 Å². The van der Waals surface area contributed by atoms with E-state index in [-0.39, 0.29) is 11.8 Å². The smallest absolute Gasteiger partial charge is 0.228 e. The van der Waals surface area contributed by atoms with Crippen LogP contribution in [0.2, 0.25) is 5.15 Å². The van der Waals surface area contributed by atoms with Gasteiger partial charge in [0, 0.05) is 12.5 Å². The Morgan fingerprint density at radius 2 is 2.33 bits per heavy atom. The molecule has 1 rings (SSSR count). The second kappa shape index (κ2) is 5.09. The Morgan fingerprint density at radius 3 is 2.87 bits per heavy atom. The third-order valence-corrected chi connectivity index (χ3v) is 2.32. The normalized spacial score (nSPS) is 12.3. The highest BCUT2D eigenvalue weighted by atomic mass is 35.5. The van der Waals surface area contributed by atoms with Gasteiger partial charge in [-0.1, -0.05) is 18.5 Å². The molecule has 0 fully saturated rings. The first-order valence-corrected chi connectivity index (χ1v) is 5.06. The van der Waals surface area contributed by atoms with Crippen LogP contribution in [0.3, 0.4) is 0 Å². The van der Waals surface area contributed by atoms with Gasteiger partial charge in [-0.15, -0.1) is 0 Å². The number of nitrogens with zero attached hydrogens (tertiary/aromatic N) is 1. The number of pyridine rings is 1. The van der Waals surface area contributed by atoms with Crippen LogP contribution in [-0.4, -0.2) is 17.4 Å². The molecule has 82 valence electrons. The third-order valence-electron chi connectivity index (χ3n) is 2.11. The summed E-state index contributed by atoms with van der Waals surface area (Å²) in [4.78, 5) is 15.6. The molecule has 1 amide bonds. The minimum absolute atomic E-state index is 0.107. The Labute approximate surface area is 93.8 Å². The molecule has 0 aliphatic rings. The molecule has 15 heavy (non-hydrogen) atoms. The lowest BCUT2D eigenvalue weighted by Gasteiger charge is -2.11. The fraction of sp³-hybridized carbons (Fsp3) is 0.400. The minimum atomic E-state index is -0.208. The van der Waals surface area contributed by atoms with Crippen LogP contribution in [0.25, 0.3) is 0 Å². The summed E-state index contributed by atoms with van der Waals surface area (Å²) >= 11 is 5.70. The Kier molecular flexibility index (Phi) is 4.05. The fourth-order valence-electron chi connectivity index (χ4n) is 1.03. The number of halogens is 1. The van der Waals surface area contributed by atoms with Crippen molar-refractivity contribution in [2.24, 2.45) is 11.7 Å². The van der Waals surface area contributed by atoms with Crippen LogP contribution >= 0.6 is 11.6 Å². The Bertz CT molecular complexity index is 368.